The molecule has 0 spiro atoms. The van der Waals surface area contributed by atoms with Gasteiger partial charge >= 0.3 is 5.97 Å². The monoisotopic (exact) mass is 250 g/mol. The number of hydrogen-bond acceptors (Lipinski definition) is 2. The molecule has 7 unspecified atom stereocenters. The van der Waals surface area contributed by atoms with Gasteiger partial charge < -0.3 is 9.90 Å². The molecule has 3 aliphatic carbocycles. The summed E-state index contributed by atoms with van der Waals surface area (Å²) in [4.78, 5) is 22.6. The van der Waals surface area contributed by atoms with Crippen molar-refractivity contribution >= 4 is 12.3 Å². The highest BCUT2D eigenvalue weighted by atomic mass is 16.4. The Kier molecular flexibility index (Phi) is 2.58. The van der Waals surface area contributed by atoms with Crippen molar-refractivity contribution in [1.82, 2.24) is 0 Å². The number of carbonyl (C=O) groups is 2. The van der Waals surface area contributed by atoms with Crippen LogP contribution in [0.15, 0.2) is 0 Å². The minimum absolute atomic E-state index is 0.0973. The van der Waals surface area contributed by atoms with E-state index >= 15 is 0 Å². The van der Waals surface area contributed by atoms with Gasteiger partial charge in [-0.3, -0.25) is 4.79 Å². The number of aldehydes is 1. The predicted molar refractivity (Wildman–Crippen MR) is 66.9 cm³/mol. The highest BCUT2D eigenvalue weighted by Gasteiger charge is 2.66. The van der Waals surface area contributed by atoms with E-state index in [1.54, 1.807) is 0 Å². The van der Waals surface area contributed by atoms with E-state index < -0.39 is 5.97 Å². The van der Waals surface area contributed by atoms with E-state index in [2.05, 4.69) is 13.8 Å². The molecule has 18 heavy (non-hydrogen) atoms. The summed E-state index contributed by atoms with van der Waals surface area (Å²) in [6.07, 6.45) is 5.03. The van der Waals surface area contributed by atoms with Crippen LogP contribution in [-0.4, -0.2) is 17.4 Å². The molecule has 1 N–H and O–H groups in total. The molecule has 3 rings (SSSR count). The predicted octanol–water partition coefficient (Wildman–Crippen LogP) is 2.59. The molecule has 2 bridgehead atoms. The second-order valence-electron chi connectivity index (χ2n) is 6.90. The molecule has 3 heteroatoms. The Morgan fingerprint density at radius 2 is 1.89 bits per heavy atom. The second-order valence-corrected chi connectivity index (χ2v) is 6.90. The van der Waals surface area contributed by atoms with Gasteiger partial charge in [0, 0.05) is 5.41 Å². The number of fused-ring (bicyclic) bond motifs is 4. The fourth-order valence-electron chi connectivity index (χ4n) is 5.26. The largest absolute Gasteiger partial charge is 0.481 e. The molecule has 3 nitrogen and oxygen atoms in total. The van der Waals surface area contributed by atoms with Crippen LogP contribution in [0, 0.1) is 40.9 Å². The summed E-state index contributed by atoms with van der Waals surface area (Å²) in [5, 5.41) is 9.33. The summed E-state index contributed by atoms with van der Waals surface area (Å²) < 4.78 is 0. The van der Waals surface area contributed by atoms with Gasteiger partial charge in [-0.15, -0.1) is 0 Å². The Bertz CT molecular complexity index is 391. The lowest BCUT2D eigenvalue weighted by molar-refractivity contribution is -0.147. The van der Waals surface area contributed by atoms with Crippen LogP contribution in [0.2, 0.25) is 0 Å². The van der Waals surface area contributed by atoms with Crippen molar-refractivity contribution in [2.75, 3.05) is 0 Å². The van der Waals surface area contributed by atoms with Gasteiger partial charge in [0.15, 0.2) is 0 Å². The van der Waals surface area contributed by atoms with Crippen molar-refractivity contribution in [2.45, 2.75) is 39.5 Å². The highest BCUT2D eigenvalue weighted by molar-refractivity contribution is 5.71. The number of carboxylic acid groups (broad SMARTS) is 1. The summed E-state index contributed by atoms with van der Waals surface area (Å²) in [7, 11) is 0. The fraction of sp³-hybridized carbons (Fsp3) is 0.867. The van der Waals surface area contributed by atoms with Crippen LogP contribution in [0.25, 0.3) is 0 Å². The van der Waals surface area contributed by atoms with Gasteiger partial charge in [-0.2, -0.15) is 0 Å². The van der Waals surface area contributed by atoms with Crippen LogP contribution in [0.3, 0.4) is 0 Å². The Balaban J connectivity index is 1.86. The molecule has 0 aromatic rings. The van der Waals surface area contributed by atoms with E-state index in [0.29, 0.717) is 29.6 Å². The first-order valence-corrected chi connectivity index (χ1v) is 7.20. The van der Waals surface area contributed by atoms with Crippen molar-refractivity contribution in [3.05, 3.63) is 0 Å². The van der Waals surface area contributed by atoms with E-state index in [0.717, 1.165) is 25.7 Å². The summed E-state index contributed by atoms with van der Waals surface area (Å²) in [6.45, 7) is 4.32. The normalized spacial score (nSPS) is 54.1. The van der Waals surface area contributed by atoms with Crippen molar-refractivity contribution in [3.63, 3.8) is 0 Å². The number of aliphatic carboxylic acids is 1. The third-order valence-electron chi connectivity index (χ3n) is 6.36. The molecular formula is C15H22O3. The first-order chi connectivity index (χ1) is 8.50. The maximum absolute atomic E-state index is 11.3. The van der Waals surface area contributed by atoms with E-state index in [-0.39, 0.29) is 11.3 Å². The lowest BCUT2D eigenvalue weighted by Gasteiger charge is -2.40. The fourth-order valence-corrected chi connectivity index (χ4v) is 5.26. The molecule has 0 aromatic heterocycles. The zero-order chi connectivity index (χ0) is 13.1. The number of carbonyl (C=O) groups excluding carboxylic acids is 1. The van der Waals surface area contributed by atoms with Crippen molar-refractivity contribution in [2.24, 2.45) is 40.9 Å². The van der Waals surface area contributed by atoms with Crippen LogP contribution in [0.1, 0.15) is 39.5 Å². The number of rotatable bonds is 2. The molecule has 0 heterocycles. The number of hydrogen-bond donors (Lipinski definition) is 1. The van der Waals surface area contributed by atoms with Crippen LogP contribution >= 0.6 is 0 Å². The first kappa shape index (κ1) is 12.2. The van der Waals surface area contributed by atoms with Crippen LogP contribution < -0.4 is 0 Å². The molecule has 3 aliphatic rings. The van der Waals surface area contributed by atoms with Crippen LogP contribution in [0.5, 0.6) is 0 Å². The smallest absolute Gasteiger partial charge is 0.306 e. The standard InChI is InChI=1S/C15H22O3/c1-8-9-5-6-12-13(15(12,2)7-16)10(8)3-4-11(9)14(17)18/h7-13H,3-6H2,1-2H3,(H,17,18). The quantitative estimate of drug-likeness (QED) is 0.766. The summed E-state index contributed by atoms with van der Waals surface area (Å²) in [5.41, 5.74) is -0.0973. The first-order valence-electron chi connectivity index (χ1n) is 7.20. The lowest BCUT2D eigenvalue weighted by atomic mass is 9.64. The number of carboxylic acids is 1. The van der Waals surface area contributed by atoms with Crippen LogP contribution in [-0.2, 0) is 9.59 Å². The van der Waals surface area contributed by atoms with Gasteiger partial charge in [0.2, 0.25) is 0 Å². The Hall–Kier alpha value is -0.860. The van der Waals surface area contributed by atoms with Gasteiger partial charge in [-0.05, 0) is 55.3 Å². The molecule has 100 valence electrons. The molecular weight excluding hydrogens is 228 g/mol. The minimum atomic E-state index is -0.612. The Morgan fingerprint density at radius 3 is 2.50 bits per heavy atom. The zero-order valence-corrected chi connectivity index (χ0v) is 11.1. The molecule has 7 atom stereocenters. The van der Waals surface area contributed by atoms with Crippen molar-refractivity contribution in [3.8, 4) is 0 Å². The highest BCUT2D eigenvalue weighted by Crippen LogP contribution is 2.69. The van der Waals surface area contributed by atoms with Gasteiger partial charge in [0.25, 0.3) is 0 Å². The lowest BCUT2D eigenvalue weighted by Crippen LogP contribution is -2.38. The SMILES string of the molecule is CC1C2CCC3C(C1CCC2C(=O)O)C3(C)C=O. The Morgan fingerprint density at radius 1 is 1.22 bits per heavy atom. The van der Waals surface area contributed by atoms with Crippen LogP contribution in [0.4, 0.5) is 0 Å². The van der Waals surface area contributed by atoms with Gasteiger partial charge in [0.1, 0.15) is 6.29 Å². The van der Waals surface area contributed by atoms with Gasteiger partial charge in [0.05, 0.1) is 5.92 Å². The van der Waals surface area contributed by atoms with Crippen molar-refractivity contribution < 1.29 is 14.7 Å². The topological polar surface area (TPSA) is 54.4 Å². The summed E-state index contributed by atoms with van der Waals surface area (Å²) in [6, 6.07) is 0. The third-order valence-corrected chi connectivity index (χ3v) is 6.36. The van der Waals surface area contributed by atoms with E-state index in [4.69, 9.17) is 0 Å². The third kappa shape index (κ3) is 1.42. The summed E-state index contributed by atoms with van der Waals surface area (Å²) in [5.74, 6) is 1.69. The zero-order valence-electron chi connectivity index (χ0n) is 11.1. The average molecular weight is 250 g/mol. The molecule has 0 aliphatic heterocycles. The molecule has 3 fully saturated rings. The van der Waals surface area contributed by atoms with E-state index in [9.17, 15) is 14.7 Å². The van der Waals surface area contributed by atoms with E-state index in [1.165, 1.54) is 6.29 Å². The Labute approximate surface area is 108 Å². The second kappa shape index (κ2) is 3.82. The van der Waals surface area contributed by atoms with Gasteiger partial charge in [-0.1, -0.05) is 13.8 Å². The van der Waals surface area contributed by atoms with E-state index in [1.807, 2.05) is 0 Å². The van der Waals surface area contributed by atoms with Crippen molar-refractivity contribution in [1.29, 1.82) is 0 Å². The maximum Gasteiger partial charge on any atom is 0.306 e. The molecule has 0 radical (unpaired) electrons. The molecule has 0 aromatic carbocycles. The molecule has 0 amide bonds. The molecule has 3 saturated carbocycles. The minimum Gasteiger partial charge on any atom is -0.481 e. The molecule has 0 saturated heterocycles. The maximum atomic E-state index is 11.3. The van der Waals surface area contributed by atoms with Gasteiger partial charge in [-0.25, -0.2) is 0 Å². The average Bonchev–Trinajstić information content (AvgIpc) is 2.94. The summed E-state index contributed by atoms with van der Waals surface area (Å²) >= 11 is 0.